The molecular formula is C36H14O2. The van der Waals surface area contributed by atoms with Crippen molar-refractivity contribution in [3.63, 3.8) is 0 Å². The SMILES string of the molecule is C#CC#CC#CC#CC#CC#CC#CC#CC#CC#CC#COc1ccc(C(O)c2ccc(C)cc2)cc1. The first-order valence-electron chi connectivity index (χ1n) is 10.7. The maximum absolute atomic E-state index is 10.5. The van der Waals surface area contributed by atoms with Crippen molar-refractivity contribution in [1.82, 2.24) is 0 Å². The zero-order chi connectivity index (χ0) is 27.1. The minimum atomic E-state index is -0.708. The Morgan fingerprint density at radius 1 is 0.526 bits per heavy atom. The molecule has 0 aliphatic rings. The lowest BCUT2D eigenvalue weighted by atomic mass is 10.0. The molecular weight excluding hydrogens is 464 g/mol. The number of aliphatic hydroxyl groups is 1. The largest absolute Gasteiger partial charge is 0.407 e. The van der Waals surface area contributed by atoms with Gasteiger partial charge in [-0.25, -0.2) is 0 Å². The molecule has 0 fully saturated rings. The van der Waals surface area contributed by atoms with Gasteiger partial charge in [-0.2, -0.15) is 0 Å². The van der Waals surface area contributed by atoms with Crippen molar-refractivity contribution in [3.8, 4) is 137 Å². The molecule has 2 aromatic rings. The Balaban J connectivity index is 1.77. The number of hydrogen-bond donors (Lipinski definition) is 1. The number of hydrogen-bond acceptors (Lipinski definition) is 2. The van der Waals surface area contributed by atoms with Gasteiger partial charge in [0, 0.05) is 71.0 Å². The molecule has 1 atom stereocenters. The summed E-state index contributed by atoms with van der Waals surface area (Å²) in [4.78, 5) is 0. The molecule has 0 aromatic heterocycles. The van der Waals surface area contributed by atoms with Gasteiger partial charge in [-0.1, -0.05) is 42.0 Å². The van der Waals surface area contributed by atoms with Gasteiger partial charge in [0.1, 0.15) is 18.0 Å². The monoisotopic (exact) mass is 478 g/mol. The lowest BCUT2D eigenvalue weighted by Gasteiger charge is -2.12. The topological polar surface area (TPSA) is 29.5 Å². The Kier molecular flexibility index (Phi) is 12.9. The third-order valence-corrected chi connectivity index (χ3v) is 4.01. The minimum Gasteiger partial charge on any atom is -0.407 e. The van der Waals surface area contributed by atoms with Crippen LogP contribution in [0.25, 0.3) is 0 Å². The summed E-state index contributed by atoms with van der Waals surface area (Å²) >= 11 is 0. The van der Waals surface area contributed by atoms with Crippen LogP contribution in [0.3, 0.4) is 0 Å². The van der Waals surface area contributed by atoms with E-state index in [-0.39, 0.29) is 0 Å². The van der Waals surface area contributed by atoms with Gasteiger partial charge in [-0.15, -0.1) is 6.42 Å². The Bertz CT molecular complexity index is 1850. The molecule has 2 rings (SSSR count). The van der Waals surface area contributed by atoms with E-state index < -0.39 is 6.10 Å². The number of benzene rings is 2. The first-order valence-corrected chi connectivity index (χ1v) is 10.7. The van der Waals surface area contributed by atoms with Crippen LogP contribution in [-0.4, -0.2) is 5.11 Å². The molecule has 0 heterocycles. The van der Waals surface area contributed by atoms with Gasteiger partial charge in [-0.3, -0.25) is 0 Å². The maximum Gasteiger partial charge on any atom is 0.140 e. The molecule has 2 nitrogen and oxygen atoms in total. The highest BCUT2D eigenvalue weighted by Crippen LogP contribution is 2.24. The van der Waals surface area contributed by atoms with Gasteiger partial charge in [0.15, 0.2) is 0 Å². The first-order chi connectivity index (χ1) is 18.7. The first kappa shape index (κ1) is 27.6. The van der Waals surface area contributed by atoms with Gasteiger partial charge in [0.2, 0.25) is 0 Å². The minimum absolute atomic E-state index is 0.535. The highest BCUT2D eigenvalue weighted by molar-refractivity contribution is 5.47. The van der Waals surface area contributed by atoms with E-state index in [4.69, 9.17) is 11.2 Å². The van der Waals surface area contributed by atoms with E-state index in [0.717, 1.165) is 16.7 Å². The molecule has 0 amide bonds. The van der Waals surface area contributed by atoms with Gasteiger partial charge < -0.3 is 9.84 Å². The summed E-state index contributed by atoms with van der Waals surface area (Å²) < 4.78 is 5.31. The summed E-state index contributed by atoms with van der Waals surface area (Å²) in [6.07, 6.45) is 6.71. The number of terminal acetylenes is 1. The van der Waals surface area contributed by atoms with Gasteiger partial charge in [0.25, 0.3) is 0 Å². The fraction of sp³-hybridized carbons (Fsp3) is 0.0556. The molecule has 0 aliphatic heterocycles. The molecule has 0 spiro atoms. The van der Waals surface area contributed by atoms with Gasteiger partial charge in [-0.05, 0) is 77.5 Å². The standard InChI is InChI=1S/C36H14O2/c1-3-4-5-6-7-8-9-10-11-12-13-14-15-16-17-18-19-20-21-22-31-38-35-29-27-34(28-30-35)36(37)33-25-23-32(2)24-26-33/h1,23-30,36-37H,2H3. The fourth-order valence-electron chi connectivity index (χ4n) is 2.34. The molecule has 2 heteroatoms. The van der Waals surface area contributed by atoms with E-state index in [1.165, 1.54) is 0 Å². The Hall–Kier alpha value is -6.64. The molecule has 0 aliphatic carbocycles. The average molecular weight is 479 g/mol. The van der Waals surface area contributed by atoms with Crippen molar-refractivity contribution in [2.75, 3.05) is 0 Å². The quantitative estimate of drug-likeness (QED) is 0.688. The van der Waals surface area contributed by atoms with Crippen LogP contribution in [0.4, 0.5) is 0 Å². The number of ether oxygens (including phenoxy) is 1. The Morgan fingerprint density at radius 3 is 1.26 bits per heavy atom. The zero-order valence-electron chi connectivity index (χ0n) is 20.1. The van der Waals surface area contributed by atoms with Crippen molar-refractivity contribution in [1.29, 1.82) is 0 Å². The second-order valence-corrected chi connectivity index (χ2v) is 6.61. The number of aryl methyl sites for hydroxylation is 1. The third kappa shape index (κ3) is 12.0. The second-order valence-electron chi connectivity index (χ2n) is 6.61. The van der Waals surface area contributed by atoms with E-state index in [0.29, 0.717) is 5.75 Å². The van der Waals surface area contributed by atoms with Gasteiger partial charge in [0.05, 0.1) is 0 Å². The third-order valence-electron chi connectivity index (χ3n) is 4.01. The molecule has 170 valence electrons. The highest BCUT2D eigenvalue weighted by atomic mass is 16.5. The van der Waals surface area contributed by atoms with Crippen LogP contribution in [0, 0.1) is 138 Å². The lowest BCUT2D eigenvalue weighted by Crippen LogP contribution is -1.99. The van der Waals surface area contributed by atoms with Crippen LogP contribution < -0.4 is 4.74 Å². The summed E-state index contributed by atoms with van der Waals surface area (Å²) in [7, 11) is 0. The summed E-state index contributed by atoms with van der Waals surface area (Å²) in [5.41, 5.74) is 2.72. The molecule has 38 heavy (non-hydrogen) atoms. The van der Waals surface area contributed by atoms with Gasteiger partial charge >= 0.3 is 0 Å². The lowest BCUT2D eigenvalue weighted by molar-refractivity contribution is 0.220. The Labute approximate surface area is 224 Å². The van der Waals surface area contributed by atoms with E-state index in [1.54, 1.807) is 24.3 Å². The molecule has 0 radical (unpaired) electrons. The van der Waals surface area contributed by atoms with Crippen molar-refractivity contribution in [3.05, 3.63) is 65.2 Å². The van der Waals surface area contributed by atoms with Crippen LogP contribution in [0.2, 0.25) is 0 Å². The molecule has 1 N–H and O–H groups in total. The van der Waals surface area contributed by atoms with Crippen molar-refractivity contribution >= 4 is 0 Å². The van der Waals surface area contributed by atoms with Crippen molar-refractivity contribution < 1.29 is 9.84 Å². The smallest absolute Gasteiger partial charge is 0.140 e. The predicted octanol–water partition coefficient (Wildman–Crippen LogP) is 3.08. The van der Waals surface area contributed by atoms with Crippen LogP contribution >= 0.6 is 0 Å². The van der Waals surface area contributed by atoms with Crippen LogP contribution in [0.1, 0.15) is 22.8 Å². The normalized spacial score (nSPS) is 7.61. The van der Waals surface area contributed by atoms with E-state index in [9.17, 15) is 5.11 Å². The molecule has 0 saturated carbocycles. The van der Waals surface area contributed by atoms with E-state index >= 15 is 0 Å². The van der Waals surface area contributed by atoms with Crippen LogP contribution in [-0.2, 0) is 0 Å². The second kappa shape index (κ2) is 17.8. The zero-order valence-corrected chi connectivity index (χ0v) is 20.1. The molecule has 2 aromatic carbocycles. The number of rotatable bonds is 3. The summed E-state index contributed by atoms with van der Waals surface area (Å²) in [6, 6.07) is 14.8. The molecule has 0 saturated heterocycles. The Morgan fingerprint density at radius 2 is 0.868 bits per heavy atom. The molecule has 1 unspecified atom stereocenters. The summed E-state index contributed by atoms with van der Waals surface area (Å²) in [5, 5.41) is 10.5. The molecule has 0 bridgehead atoms. The van der Waals surface area contributed by atoms with E-state index in [2.05, 4.69) is 125 Å². The predicted molar refractivity (Wildman–Crippen MR) is 149 cm³/mol. The van der Waals surface area contributed by atoms with Crippen molar-refractivity contribution in [2.45, 2.75) is 13.0 Å². The number of aliphatic hydroxyl groups excluding tert-OH is 1. The van der Waals surface area contributed by atoms with E-state index in [1.807, 2.05) is 31.2 Å². The summed E-state index contributed by atoms with van der Waals surface area (Å²) in [6.45, 7) is 2.00. The van der Waals surface area contributed by atoms with Crippen LogP contribution in [0.15, 0.2) is 48.5 Å². The van der Waals surface area contributed by atoms with Crippen molar-refractivity contribution in [2.24, 2.45) is 0 Å². The average Bonchev–Trinajstić information content (AvgIpc) is 2.94. The van der Waals surface area contributed by atoms with Crippen LogP contribution in [0.5, 0.6) is 5.75 Å². The maximum atomic E-state index is 10.5. The highest BCUT2D eigenvalue weighted by Gasteiger charge is 2.10. The fourth-order valence-corrected chi connectivity index (χ4v) is 2.34. The summed E-state index contributed by atoms with van der Waals surface area (Å²) in [5.74, 6) is 50.0.